The number of hydrogen-bond acceptors (Lipinski definition) is 0. The maximum atomic E-state index is 3.65. The molecule has 0 atom stereocenters. The Balaban J connectivity index is 2.09. The molecule has 100 valence electrons. The largest absolute Gasteiger partial charge is 0.0925 e. The predicted molar refractivity (Wildman–Crippen MR) is 93.0 cm³/mol. The number of halogens is 3. The van der Waals surface area contributed by atoms with Crippen molar-refractivity contribution in [2.24, 2.45) is 5.92 Å². The highest BCUT2D eigenvalue weighted by Crippen LogP contribution is 2.25. The Labute approximate surface area is 140 Å². The van der Waals surface area contributed by atoms with E-state index in [-0.39, 0.29) is 0 Å². The lowest BCUT2D eigenvalue weighted by atomic mass is 9.94. The highest BCUT2D eigenvalue weighted by Gasteiger charge is 2.12. The van der Waals surface area contributed by atoms with Crippen LogP contribution >= 0.6 is 47.8 Å². The SMILES string of the molecule is BrCC(Cc1ccccc1Br)Cc1ccccc1Br. The van der Waals surface area contributed by atoms with Crippen molar-refractivity contribution >= 4 is 47.8 Å². The monoisotopic (exact) mass is 444 g/mol. The summed E-state index contributed by atoms with van der Waals surface area (Å²) in [5.74, 6) is 0.595. The summed E-state index contributed by atoms with van der Waals surface area (Å²) in [5.41, 5.74) is 2.75. The van der Waals surface area contributed by atoms with Crippen molar-refractivity contribution in [1.29, 1.82) is 0 Å². The van der Waals surface area contributed by atoms with Crippen LogP contribution in [-0.4, -0.2) is 5.33 Å². The lowest BCUT2D eigenvalue weighted by molar-refractivity contribution is 0.589. The second-order valence-electron chi connectivity index (χ2n) is 4.61. The fraction of sp³-hybridized carbons (Fsp3) is 0.250. The van der Waals surface area contributed by atoms with E-state index >= 15 is 0 Å². The molecule has 0 aromatic heterocycles. The Morgan fingerprint density at radius 1 is 0.737 bits per heavy atom. The van der Waals surface area contributed by atoms with Crippen molar-refractivity contribution in [3.05, 3.63) is 68.6 Å². The molecule has 0 amide bonds. The summed E-state index contributed by atoms with van der Waals surface area (Å²) >= 11 is 10.9. The zero-order chi connectivity index (χ0) is 13.7. The van der Waals surface area contributed by atoms with E-state index in [0.29, 0.717) is 5.92 Å². The molecule has 0 N–H and O–H groups in total. The highest BCUT2D eigenvalue weighted by molar-refractivity contribution is 9.11. The third-order valence-corrected chi connectivity index (χ3v) is 5.61. The molecule has 2 aromatic rings. The first kappa shape index (κ1) is 15.3. The van der Waals surface area contributed by atoms with E-state index in [1.807, 2.05) is 0 Å². The molecule has 0 nitrogen and oxygen atoms in total. The zero-order valence-corrected chi connectivity index (χ0v) is 15.2. The number of hydrogen-bond donors (Lipinski definition) is 0. The third kappa shape index (κ3) is 4.44. The highest BCUT2D eigenvalue weighted by atomic mass is 79.9. The summed E-state index contributed by atoms with van der Waals surface area (Å²) in [6.45, 7) is 0. The Morgan fingerprint density at radius 3 is 1.53 bits per heavy atom. The second kappa shape index (κ2) is 7.61. The summed E-state index contributed by atoms with van der Waals surface area (Å²) in [4.78, 5) is 0. The van der Waals surface area contributed by atoms with Gasteiger partial charge in [0.25, 0.3) is 0 Å². The van der Waals surface area contributed by atoms with Gasteiger partial charge in [-0.1, -0.05) is 84.2 Å². The molecule has 0 radical (unpaired) electrons. The lowest BCUT2D eigenvalue weighted by Gasteiger charge is -2.16. The average Bonchev–Trinajstić information content (AvgIpc) is 2.42. The van der Waals surface area contributed by atoms with Crippen LogP contribution in [-0.2, 0) is 12.8 Å². The van der Waals surface area contributed by atoms with Gasteiger partial charge in [-0.25, -0.2) is 0 Å². The number of benzene rings is 2. The zero-order valence-electron chi connectivity index (χ0n) is 10.5. The van der Waals surface area contributed by atoms with Crippen molar-refractivity contribution in [3.8, 4) is 0 Å². The molecule has 3 heteroatoms. The summed E-state index contributed by atoms with van der Waals surface area (Å²) in [6.07, 6.45) is 2.15. The Morgan fingerprint density at radius 2 is 1.16 bits per heavy atom. The van der Waals surface area contributed by atoms with Gasteiger partial charge in [0.1, 0.15) is 0 Å². The van der Waals surface area contributed by atoms with Crippen LogP contribution < -0.4 is 0 Å². The van der Waals surface area contributed by atoms with Gasteiger partial charge in [-0.3, -0.25) is 0 Å². The van der Waals surface area contributed by atoms with Crippen molar-refractivity contribution in [1.82, 2.24) is 0 Å². The van der Waals surface area contributed by atoms with E-state index in [2.05, 4.69) is 96.3 Å². The van der Waals surface area contributed by atoms with Gasteiger partial charge in [0, 0.05) is 14.3 Å². The van der Waals surface area contributed by atoms with E-state index in [4.69, 9.17) is 0 Å². The van der Waals surface area contributed by atoms with Gasteiger partial charge >= 0.3 is 0 Å². The standard InChI is InChI=1S/C16H15Br3/c17-11-12(9-13-5-1-3-7-15(13)18)10-14-6-2-4-8-16(14)19/h1-8,12H,9-11H2. The van der Waals surface area contributed by atoms with E-state index in [1.54, 1.807) is 0 Å². The van der Waals surface area contributed by atoms with Gasteiger partial charge in [0.15, 0.2) is 0 Å². The molecular weight excluding hydrogens is 432 g/mol. The first-order valence-corrected chi connectivity index (χ1v) is 8.94. The van der Waals surface area contributed by atoms with E-state index in [0.717, 1.165) is 18.2 Å². The van der Waals surface area contributed by atoms with Crippen LogP contribution in [0.2, 0.25) is 0 Å². The van der Waals surface area contributed by atoms with Crippen molar-refractivity contribution < 1.29 is 0 Å². The molecule has 19 heavy (non-hydrogen) atoms. The summed E-state index contributed by atoms with van der Waals surface area (Å²) in [5, 5.41) is 1.01. The fourth-order valence-electron chi connectivity index (χ4n) is 2.13. The molecule has 2 rings (SSSR count). The van der Waals surface area contributed by atoms with Crippen LogP contribution in [0.3, 0.4) is 0 Å². The first-order valence-electron chi connectivity index (χ1n) is 6.23. The summed E-state index contributed by atoms with van der Waals surface area (Å²) in [7, 11) is 0. The molecule has 0 aliphatic rings. The molecule has 0 bridgehead atoms. The predicted octanol–water partition coefficient (Wildman–Crippen LogP) is 6.01. The Kier molecular flexibility index (Phi) is 6.11. The van der Waals surface area contributed by atoms with Gasteiger partial charge < -0.3 is 0 Å². The van der Waals surface area contributed by atoms with Crippen LogP contribution in [0.4, 0.5) is 0 Å². The van der Waals surface area contributed by atoms with Crippen LogP contribution in [0.25, 0.3) is 0 Å². The maximum absolute atomic E-state index is 3.65. The van der Waals surface area contributed by atoms with E-state index < -0.39 is 0 Å². The smallest absolute Gasteiger partial charge is 0.0207 e. The Hall–Kier alpha value is -0.120. The molecule has 0 aliphatic heterocycles. The quantitative estimate of drug-likeness (QED) is 0.493. The molecule has 0 saturated heterocycles. The minimum absolute atomic E-state index is 0.595. The minimum atomic E-state index is 0.595. The van der Waals surface area contributed by atoms with Crippen LogP contribution in [0.1, 0.15) is 11.1 Å². The number of alkyl halides is 1. The van der Waals surface area contributed by atoms with Crippen molar-refractivity contribution in [2.45, 2.75) is 12.8 Å². The van der Waals surface area contributed by atoms with Crippen LogP contribution in [0.15, 0.2) is 57.5 Å². The topological polar surface area (TPSA) is 0 Å². The lowest BCUT2D eigenvalue weighted by Crippen LogP contribution is -2.10. The van der Waals surface area contributed by atoms with Crippen molar-refractivity contribution in [3.63, 3.8) is 0 Å². The molecule has 2 aromatic carbocycles. The molecule has 0 fully saturated rings. The first-order chi connectivity index (χ1) is 9.20. The summed E-state index contributed by atoms with van der Waals surface area (Å²) in [6, 6.07) is 16.9. The van der Waals surface area contributed by atoms with Gasteiger partial charge in [0.2, 0.25) is 0 Å². The third-order valence-electron chi connectivity index (χ3n) is 3.15. The number of rotatable bonds is 5. The van der Waals surface area contributed by atoms with Gasteiger partial charge in [-0.2, -0.15) is 0 Å². The molecule has 0 saturated carbocycles. The molecule has 0 spiro atoms. The fourth-order valence-corrected chi connectivity index (χ4v) is 3.48. The van der Waals surface area contributed by atoms with Crippen LogP contribution in [0.5, 0.6) is 0 Å². The van der Waals surface area contributed by atoms with Crippen LogP contribution in [0, 0.1) is 5.92 Å². The molecular formula is C16H15Br3. The van der Waals surface area contributed by atoms with Gasteiger partial charge in [-0.05, 0) is 42.0 Å². The normalized spacial score (nSPS) is 10.9. The van der Waals surface area contributed by atoms with Gasteiger partial charge in [0.05, 0.1) is 0 Å². The second-order valence-corrected chi connectivity index (χ2v) is 6.97. The molecule has 0 unspecified atom stereocenters. The molecule has 0 heterocycles. The van der Waals surface area contributed by atoms with E-state index in [9.17, 15) is 0 Å². The van der Waals surface area contributed by atoms with Crippen molar-refractivity contribution in [2.75, 3.05) is 5.33 Å². The maximum Gasteiger partial charge on any atom is 0.0207 e. The van der Waals surface area contributed by atoms with E-state index in [1.165, 1.54) is 20.1 Å². The minimum Gasteiger partial charge on any atom is -0.0925 e. The Bertz CT molecular complexity index is 490. The summed E-state index contributed by atoms with van der Waals surface area (Å²) < 4.78 is 2.40. The van der Waals surface area contributed by atoms with Gasteiger partial charge in [-0.15, -0.1) is 0 Å². The average molecular weight is 447 g/mol. The molecule has 0 aliphatic carbocycles.